The van der Waals surface area contributed by atoms with Gasteiger partial charge >= 0.3 is 0 Å². The Bertz CT molecular complexity index is 427. The van der Waals surface area contributed by atoms with Gasteiger partial charge in [-0.15, -0.1) is 0 Å². The van der Waals surface area contributed by atoms with Crippen LogP contribution in [0.2, 0.25) is 5.02 Å². The van der Waals surface area contributed by atoms with Gasteiger partial charge in [0.15, 0.2) is 0 Å². The van der Waals surface area contributed by atoms with Crippen molar-refractivity contribution in [2.75, 3.05) is 38.1 Å². The van der Waals surface area contributed by atoms with Gasteiger partial charge in [-0.1, -0.05) is 34.5 Å². The van der Waals surface area contributed by atoms with E-state index in [4.69, 9.17) is 11.6 Å². The summed E-state index contributed by atoms with van der Waals surface area (Å²) < 4.78 is 2.06. The monoisotopic (exact) mass is 362 g/mol. The van der Waals surface area contributed by atoms with Crippen molar-refractivity contribution >= 4 is 27.5 Å². The fraction of sp³-hybridized carbons (Fsp3) is 0.786. The summed E-state index contributed by atoms with van der Waals surface area (Å²) in [5.74, 6) is 0. The van der Waals surface area contributed by atoms with Gasteiger partial charge in [0, 0.05) is 51.1 Å². The third kappa shape index (κ3) is 3.75. The molecule has 0 aliphatic carbocycles. The van der Waals surface area contributed by atoms with Crippen LogP contribution in [0.4, 0.5) is 0 Å². The normalized spacial score (nSPS) is 17.8. The first-order valence-corrected chi connectivity index (χ1v) is 8.94. The Balaban J connectivity index is 1.99. The van der Waals surface area contributed by atoms with Crippen LogP contribution in [-0.2, 0) is 19.5 Å². The minimum Gasteiger partial charge on any atom is -0.300 e. The quantitative estimate of drug-likeness (QED) is 0.726. The minimum absolute atomic E-state index is 0.872. The molecule has 1 aromatic rings. The molecule has 0 radical (unpaired) electrons. The molecule has 0 N–H and O–H groups in total. The maximum atomic E-state index is 6.48. The average molecular weight is 364 g/mol. The van der Waals surface area contributed by atoms with Gasteiger partial charge in [-0.3, -0.25) is 14.5 Å². The second-order valence-corrected chi connectivity index (χ2v) is 6.35. The van der Waals surface area contributed by atoms with Gasteiger partial charge in [0.25, 0.3) is 0 Å². The van der Waals surface area contributed by atoms with Crippen LogP contribution in [0, 0.1) is 0 Å². The Kier molecular flexibility index (Phi) is 6.33. The van der Waals surface area contributed by atoms with Crippen LogP contribution in [0.15, 0.2) is 0 Å². The molecule has 0 unspecified atom stereocenters. The van der Waals surface area contributed by atoms with Crippen LogP contribution < -0.4 is 0 Å². The first-order chi connectivity index (χ1) is 9.69. The Morgan fingerprint density at radius 3 is 2.35 bits per heavy atom. The van der Waals surface area contributed by atoms with Crippen molar-refractivity contribution < 1.29 is 0 Å². The van der Waals surface area contributed by atoms with Crippen LogP contribution in [0.1, 0.15) is 25.2 Å². The highest BCUT2D eigenvalue weighted by atomic mass is 79.9. The smallest absolute Gasteiger partial charge is 0.0863 e. The Morgan fingerprint density at radius 2 is 1.80 bits per heavy atom. The van der Waals surface area contributed by atoms with Crippen LogP contribution >= 0.6 is 27.5 Å². The van der Waals surface area contributed by atoms with E-state index in [0.29, 0.717) is 0 Å². The van der Waals surface area contributed by atoms with Crippen molar-refractivity contribution in [1.29, 1.82) is 0 Å². The molecule has 0 atom stereocenters. The number of alkyl halides is 1. The summed E-state index contributed by atoms with van der Waals surface area (Å²) >= 11 is 9.99. The van der Waals surface area contributed by atoms with Gasteiger partial charge in [-0.25, -0.2) is 0 Å². The zero-order chi connectivity index (χ0) is 14.5. The molecule has 1 saturated heterocycles. The zero-order valence-corrected chi connectivity index (χ0v) is 14.8. The van der Waals surface area contributed by atoms with Crippen molar-refractivity contribution in [3.8, 4) is 0 Å². The summed E-state index contributed by atoms with van der Waals surface area (Å²) in [6.07, 6.45) is 0.901. The molecule has 0 amide bonds. The predicted molar refractivity (Wildman–Crippen MR) is 87.8 cm³/mol. The van der Waals surface area contributed by atoms with E-state index >= 15 is 0 Å². The molecule has 0 saturated carbocycles. The van der Waals surface area contributed by atoms with Gasteiger partial charge < -0.3 is 0 Å². The number of hydrogen-bond donors (Lipinski definition) is 0. The molecule has 114 valence electrons. The van der Waals surface area contributed by atoms with Crippen molar-refractivity contribution in [1.82, 2.24) is 19.6 Å². The number of hydrogen-bond acceptors (Lipinski definition) is 3. The number of piperazine rings is 1. The summed E-state index contributed by atoms with van der Waals surface area (Å²) in [6.45, 7) is 11.7. The highest BCUT2D eigenvalue weighted by Gasteiger charge is 2.20. The van der Waals surface area contributed by atoms with Crippen molar-refractivity contribution in [3.05, 3.63) is 16.4 Å². The van der Waals surface area contributed by atoms with E-state index in [1.54, 1.807) is 0 Å². The lowest BCUT2D eigenvalue weighted by atomic mass is 10.2. The molecular weight excluding hydrogens is 340 g/mol. The molecule has 2 heterocycles. The first-order valence-electron chi connectivity index (χ1n) is 7.44. The van der Waals surface area contributed by atoms with E-state index < -0.39 is 0 Å². The second kappa shape index (κ2) is 7.78. The third-order valence-electron chi connectivity index (χ3n) is 3.93. The zero-order valence-electron chi connectivity index (χ0n) is 12.4. The number of rotatable bonds is 6. The largest absolute Gasteiger partial charge is 0.300 e. The lowest BCUT2D eigenvalue weighted by molar-refractivity contribution is 0.130. The summed E-state index contributed by atoms with van der Waals surface area (Å²) in [4.78, 5) is 4.99. The standard InChI is InChI=1S/C14H24BrClN4/c1-3-12-14(16)13(20(4-2)17-12)11-19-9-7-18(6-5-15)8-10-19/h3-11H2,1-2H3. The Morgan fingerprint density at radius 1 is 1.15 bits per heavy atom. The minimum atomic E-state index is 0.872. The highest BCUT2D eigenvalue weighted by molar-refractivity contribution is 9.09. The third-order valence-corrected chi connectivity index (χ3v) is 4.72. The van der Waals surface area contributed by atoms with E-state index in [2.05, 4.69) is 49.4 Å². The molecule has 20 heavy (non-hydrogen) atoms. The van der Waals surface area contributed by atoms with E-state index in [1.165, 1.54) is 5.69 Å². The van der Waals surface area contributed by atoms with Crippen LogP contribution in [0.5, 0.6) is 0 Å². The molecule has 0 aromatic carbocycles. The number of aromatic nitrogens is 2. The van der Waals surface area contributed by atoms with E-state index in [-0.39, 0.29) is 0 Å². The molecule has 6 heteroatoms. The maximum absolute atomic E-state index is 6.48. The summed E-state index contributed by atoms with van der Waals surface area (Å²) in [5.41, 5.74) is 2.21. The molecule has 0 spiro atoms. The van der Waals surface area contributed by atoms with Gasteiger partial charge in [-0.2, -0.15) is 5.10 Å². The van der Waals surface area contributed by atoms with Gasteiger partial charge in [0.05, 0.1) is 16.4 Å². The first kappa shape index (κ1) is 16.3. The fourth-order valence-corrected chi connectivity index (χ4v) is 3.50. The second-order valence-electron chi connectivity index (χ2n) is 5.18. The van der Waals surface area contributed by atoms with Crippen LogP contribution in [0.25, 0.3) is 0 Å². The Labute approximate surface area is 135 Å². The topological polar surface area (TPSA) is 24.3 Å². The molecule has 1 fully saturated rings. The molecular formula is C14H24BrClN4. The molecule has 1 aromatic heterocycles. The molecule has 2 rings (SSSR count). The maximum Gasteiger partial charge on any atom is 0.0863 e. The SMILES string of the molecule is CCc1nn(CC)c(CN2CCN(CCBr)CC2)c1Cl. The van der Waals surface area contributed by atoms with Gasteiger partial charge in [-0.05, 0) is 13.3 Å². The molecule has 1 aliphatic heterocycles. The van der Waals surface area contributed by atoms with E-state index in [9.17, 15) is 0 Å². The number of halogens is 2. The summed E-state index contributed by atoms with van der Waals surface area (Å²) in [5, 5.41) is 6.53. The highest BCUT2D eigenvalue weighted by Crippen LogP contribution is 2.23. The number of nitrogens with zero attached hydrogens (tertiary/aromatic N) is 4. The van der Waals surface area contributed by atoms with Gasteiger partial charge in [0.1, 0.15) is 0 Å². The Hall–Kier alpha value is -0.100. The van der Waals surface area contributed by atoms with Crippen molar-refractivity contribution in [2.24, 2.45) is 0 Å². The summed E-state index contributed by atoms with van der Waals surface area (Å²) in [6, 6.07) is 0. The molecule has 1 aliphatic rings. The van der Waals surface area contributed by atoms with E-state index in [1.807, 2.05) is 0 Å². The fourth-order valence-electron chi connectivity index (χ4n) is 2.67. The van der Waals surface area contributed by atoms with Crippen LogP contribution in [-0.4, -0.2) is 57.6 Å². The molecule has 0 bridgehead atoms. The molecule has 4 nitrogen and oxygen atoms in total. The number of aryl methyl sites for hydroxylation is 2. The van der Waals surface area contributed by atoms with E-state index in [0.717, 1.165) is 68.3 Å². The predicted octanol–water partition coefficient (Wildman–Crippen LogP) is 2.63. The van der Waals surface area contributed by atoms with Gasteiger partial charge in [0.2, 0.25) is 0 Å². The van der Waals surface area contributed by atoms with Crippen molar-refractivity contribution in [3.63, 3.8) is 0 Å². The average Bonchev–Trinajstić information content (AvgIpc) is 2.77. The van der Waals surface area contributed by atoms with Crippen LogP contribution in [0.3, 0.4) is 0 Å². The lowest BCUT2D eigenvalue weighted by Crippen LogP contribution is -2.46. The van der Waals surface area contributed by atoms with Crippen molar-refractivity contribution in [2.45, 2.75) is 33.4 Å². The summed E-state index contributed by atoms with van der Waals surface area (Å²) in [7, 11) is 0. The lowest BCUT2D eigenvalue weighted by Gasteiger charge is -2.34.